The van der Waals surface area contributed by atoms with Gasteiger partial charge in [-0.2, -0.15) is 0 Å². The summed E-state index contributed by atoms with van der Waals surface area (Å²) in [5.74, 6) is 1.24. The van der Waals surface area contributed by atoms with Crippen molar-refractivity contribution in [1.82, 2.24) is 9.38 Å². The molecule has 0 spiro atoms. The maximum Gasteiger partial charge on any atom is 0.169 e. The molecule has 0 amide bonds. The van der Waals surface area contributed by atoms with Crippen LogP contribution in [0.15, 0.2) is 36.5 Å². The normalized spacial score (nSPS) is 10.7. The second kappa shape index (κ2) is 5.52. The molecule has 0 fully saturated rings. The summed E-state index contributed by atoms with van der Waals surface area (Å²) in [6, 6.07) is 9.36. The Bertz CT molecular complexity index is 852. The average Bonchev–Trinajstić information content (AvgIpc) is 2.94. The molecule has 0 saturated carbocycles. The van der Waals surface area contributed by atoms with Crippen LogP contribution in [0.1, 0.15) is 16.1 Å². The molecule has 2 aromatic heterocycles. The molecule has 5 nitrogen and oxygen atoms in total. The summed E-state index contributed by atoms with van der Waals surface area (Å²) in [4.78, 5) is 16.2. The van der Waals surface area contributed by atoms with E-state index in [4.69, 9.17) is 9.47 Å². The van der Waals surface area contributed by atoms with Crippen LogP contribution in [0.2, 0.25) is 0 Å². The number of hydrogen-bond acceptors (Lipinski definition) is 4. The fraction of sp³-hybridized carbons (Fsp3) is 0.176. The lowest BCUT2D eigenvalue weighted by Crippen LogP contribution is -1.94. The minimum atomic E-state index is 0.519. The number of fused-ring (bicyclic) bond motifs is 1. The molecule has 0 bridgehead atoms. The van der Waals surface area contributed by atoms with Crippen LogP contribution in [0.4, 0.5) is 0 Å². The fourth-order valence-electron chi connectivity index (χ4n) is 2.53. The second-order valence-corrected chi connectivity index (χ2v) is 4.92. The largest absolute Gasteiger partial charge is 0.493 e. The number of imidazole rings is 1. The Kier molecular flexibility index (Phi) is 3.55. The number of aldehydes is 1. The molecule has 0 atom stereocenters. The van der Waals surface area contributed by atoms with Crippen molar-refractivity contribution in [3.05, 3.63) is 47.8 Å². The van der Waals surface area contributed by atoms with E-state index in [1.165, 1.54) is 0 Å². The van der Waals surface area contributed by atoms with Gasteiger partial charge in [0, 0.05) is 11.8 Å². The number of pyridine rings is 1. The first-order valence-electron chi connectivity index (χ1n) is 6.85. The van der Waals surface area contributed by atoms with Crippen molar-refractivity contribution >= 4 is 11.9 Å². The zero-order valence-electron chi connectivity index (χ0n) is 12.7. The molecule has 0 unspecified atom stereocenters. The van der Waals surface area contributed by atoms with E-state index < -0.39 is 0 Å². The van der Waals surface area contributed by atoms with Gasteiger partial charge in [-0.25, -0.2) is 4.98 Å². The predicted molar refractivity (Wildman–Crippen MR) is 83.9 cm³/mol. The molecule has 0 saturated heterocycles. The van der Waals surface area contributed by atoms with E-state index in [0.29, 0.717) is 22.9 Å². The highest BCUT2D eigenvalue weighted by molar-refractivity contribution is 5.87. The van der Waals surface area contributed by atoms with E-state index in [-0.39, 0.29) is 0 Å². The van der Waals surface area contributed by atoms with Gasteiger partial charge in [0.2, 0.25) is 0 Å². The molecular weight excluding hydrogens is 280 g/mol. The van der Waals surface area contributed by atoms with Crippen LogP contribution in [0, 0.1) is 6.92 Å². The number of methoxy groups -OCH3 is 2. The summed E-state index contributed by atoms with van der Waals surface area (Å²) in [7, 11) is 3.17. The van der Waals surface area contributed by atoms with Gasteiger partial charge in [-0.05, 0) is 36.8 Å². The van der Waals surface area contributed by atoms with Crippen molar-refractivity contribution in [2.45, 2.75) is 6.92 Å². The molecule has 0 aliphatic rings. The molecule has 22 heavy (non-hydrogen) atoms. The Morgan fingerprint density at radius 1 is 1.14 bits per heavy atom. The van der Waals surface area contributed by atoms with Crippen molar-refractivity contribution in [2.75, 3.05) is 14.2 Å². The highest BCUT2D eigenvalue weighted by Crippen LogP contribution is 2.33. The third-order valence-corrected chi connectivity index (χ3v) is 3.65. The van der Waals surface area contributed by atoms with Crippen LogP contribution in [-0.2, 0) is 0 Å². The Morgan fingerprint density at radius 3 is 2.59 bits per heavy atom. The molecule has 0 N–H and O–H groups in total. The van der Waals surface area contributed by atoms with Crippen LogP contribution in [-0.4, -0.2) is 29.9 Å². The van der Waals surface area contributed by atoms with Crippen molar-refractivity contribution in [2.24, 2.45) is 0 Å². The number of rotatable bonds is 4. The third kappa shape index (κ3) is 2.11. The van der Waals surface area contributed by atoms with Gasteiger partial charge in [-0.15, -0.1) is 0 Å². The maximum absolute atomic E-state index is 11.5. The third-order valence-electron chi connectivity index (χ3n) is 3.65. The molecular formula is C17H16N2O3. The van der Waals surface area contributed by atoms with E-state index in [0.717, 1.165) is 23.1 Å². The van der Waals surface area contributed by atoms with Crippen LogP contribution in [0.3, 0.4) is 0 Å². The summed E-state index contributed by atoms with van der Waals surface area (Å²) in [6.07, 6.45) is 2.66. The van der Waals surface area contributed by atoms with Crippen molar-refractivity contribution in [3.8, 4) is 22.8 Å². The minimum Gasteiger partial charge on any atom is -0.493 e. The van der Waals surface area contributed by atoms with E-state index >= 15 is 0 Å². The highest BCUT2D eigenvalue weighted by Gasteiger charge is 2.16. The van der Waals surface area contributed by atoms with Crippen molar-refractivity contribution in [1.29, 1.82) is 0 Å². The smallest absolute Gasteiger partial charge is 0.169 e. The molecule has 0 aliphatic carbocycles. The van der Waals surface area contributed by atoms with E-state index in [9.17, 15) is 4.79 Å². The summed E-state index contributed by atoms with van der Waals surface area (Å²) in [5.41, 5.74) is 3.74. The summed E-state index contributed by atoms with van der Waals surface area (Å²) in [6.45, 7) is 1.97. The Hall–Kier alpha value is -2.82. The molecule has 1 aromatic carbocycles. The SMILES string of the molecule is COc1ccc(-c2nc3c(C)cccn3c2C=O)cc1OC. The van der Waals surface area contributed by atoms with Gasteiger partial charge in [0.1, 0.15) is 17.0 Å². The van der Waals surface area contributed by atoms with Gasteiger partial charge in [0.25, 0.3) is 0 Å². The molecule has 112 valence electrons. The summed E-state index contributed by atoms with van der Waals surface area (Å²) < 4.78 is 12.4. The van der Waals surface area contributed by atoms with Gasteiger partial charge >= 0.3 is 0 Å². The standard InChI is InChI=1S/C17H16N2O3/c1-11-5-4-8-19-13(10-20)16(18-17(11)19)12-6-7-14(21-2)15(9-12)22-3/h4-10H,1-3H3. The second-order valence-electron chi connectivity index (χ2n) is 4.92. The minimum absolute atomic E-state index is 0.519. The van der Waals surface area contributed by atoms with Crippen LogP contribution in [0.25, 0.3) is 16.9 Å². The zero-order valence-corrected chi connectivity index (χ0v) is 12.7. The van der Waals surface area contributed by atoms with Crippen LogP contribution < -0.4 is 9.47 Å². The van der Waals surface area contributed by atoms with Crippen molar-refractivity contribution < 1.29 is 14.3 Å². The maximum atomic E-state index is 11.5. The Labute approximate surface area is 128 Å². The number of carbonyl (C=O) groups excluding carboxylic acids is 1. The lowest BCUT2D eigenvalue weighted by Gasteiger charge is -2.08. The number of benzene rings is 1. The van der Waals surface area contributed by atoms with Crippen molar-refractivity contribution in [3.63, 3.8) is 0 Å². The number of nitrogens with zero attached hydrogens (tertiary/aromatic N) is 2. The first-order chi connectivity index (χ1) is 10.7. The molecule has 2 heterocycles. The first-order valence-corrected chi connectivity index (χ1v) is 6.85. The summed E-state index contributed by atoms with van der Waals surface area (Å²) in [5, 5.41) is 0. The predicted octanol–water partition coefficient (Wildman–Crippen LogP) is 3.14. The summed E-state index contributed by atoms with van der Waals surface area (Å²) >= 11 is 0. The quantitative estimate of drug-likeness (QED) is 0.694. The first kappa shape index (κ1) is 14.1. The van der Waals surface area contributed by atoms with E-state index in [1.807, 2.05) is 37.4 Å². The number of aromatic nitrogens is 2. The van der Waals surface area contributed by atoms with Gasteiger partial charge in [0.15, 0.2) is 17.8 Å². The van der Waals surface area contributed by atoms with Gasteiger partial charge in [-0.3, -0.25) is 9.20 Å². The monoisotopic (exact) mass is 296 g/mol. The lowest BCUT2D eigenvalue weighted by atomic mass is 10.1. The Morgan fingerprint density at radius 2 is 1.91 bits per heavy atom. The molecule has 3 rings (SSSR count). The van der Waals surface area contributed by atoms with E-state index in [1.54, 1.807) is 24.7 Å². The lowest BCUT2D eigenvalue weighted by molar-refractivity contribution is 0.111. The van der Waals surface area contributed by atoms with Gasteiger partial charge in [0.05, 0.1) is 14.2 Å². The topological polar surface area (TPSA) is 52.8 Å². The fourth-order valence-corrected chi connectivity index (χ4v) is 2.53. The molecule has 5 heteroatoms. The number of aryl methyl sites for hydroxylation is 1. The molecule has 3 aromatic rings. The number of carbonyl (C=O) groups is 1. The zero-order chi connectivity index (χ0) is 15.7. The number of hydrogen-bond donors (Lipinski definition) is 0. The van der Waals surface area contributed by atoms with Crippen LogP contribution in [0.5, 0.6) is 11.5 Å². The van der Waals surface area contributed by atoms with Crippen LogP contribution >= 0.6 is 0 Å². The Balaban J connectivity index is 2.26. The highest BCUT2D eigenvalue weighted by atomic mass is 16.5. The van der Waals surface area contributed by atoms with E-state index in [2.05, 4.69) is 4.98 Å². The molecule has 0 aliphatic heterocycles. The molecule has 0 radical (unpaired) electrons. The van der Waals surface area contributed by atoms with Gasteiger partial charge in [-0.1, -0.05) is 6.07 Å². The average molecular weight is 296 g/mol. The number of ether oxygens (including phenoxy) is 2. The van der Waals surface area contributed by atoms with Gasteiger partial charge < -0.3 is 9.47 Å².